The molecule has 21 heavy (non-hydrogen) atoms. The lowest BCUT2D eigenvalue weighted by Gasteiger charge is -2.36. The van der Waals surface area contributed by atoms with Gasteiger partial charge in [-0.05, 0) is 53.7 Å². The Kier molecular flexibility index (Phi) is 4.11. The van der Waals surface area contributed by atoms with E-state index in [1.54, 1.807) is 16.4 Å². The molecule has 116 valence electrons. The van der Waals surface area contributed by atoms with Crippen LogP contribution in [0.1, 0.15) is 25.7 Å². The van der Waals surface area contributed by atoms with E-state index in [4.69, 9.17) is 5.73 Å². The third-order valence-electron chi connectivity index (χ3n) is 4.21. The first-order valence-corrected chi connectivity index (χ1v) is 9.79. The average Bonchev–Trinajstić information content (AvgIpc) is 2.61. The monoisotopic (exact) mass is 438 g/mol. The number of aliphatic hydroxyl groups excluding tert-OH is 1. The summed E-state index contributed by atoms with van der Waals surface area (Å²) in [5, 5.41) is 9.83. The van der Waals surface area contributed by atoms with E-state index in [9.17, 15) is 13.5 Å². The van der Waals surface area contributed by atoms with Crippen molar-refractivity contribution in [2.75, 3.05) is 5.73 Å². The number of anilines is 1. The lowest BCUT2D eigenvalue weighted by Crippen LogP contribution is -2.48. The van der Waals surface area contributed by atoms with Crippen molar-refractivity contribution < 1.29 is 13.5 Å². The van der Waals surface area contributed by atoms with Gasteiger partial charge in [-0.3, -0.25) is 0 Å². The van der Waals surface area contributed by atoms with Crippen molar-refractivity contribution in [1.82, 2.24) is 4.31 Å². The van der Waals surface area contributed by atoms with E-state index >= 15 is 0 Å². The van der Waals surface area contributed by atoms with E-state index in [1.807, 2.05) is 0 Å². The number of rotatable bonds is 2. The van der Waals surface area contributed by atoms with Crippen molar-refractivity contribution in [1.29, 1.82) is 0 Å². The minimum absolute atomic E-state index is 0.124. The molecule has 2 heterocycles. The fraction of sp³-hybridized carbons (Fsp3) is 0.538. The Morgan fingerprint density at radius 3 is 2.29 bits per heavy atom. The third-order valence-corrected chi connectivity index (χ3v) is 7.68. The van der Waals surface area contributed by atoms with Crippen LogP contribution < -0.4 is 5.73 Å². The number of sulfonamides is 1. The minimum atomic E-state index is -3.67. The van der Waals surface area contributed by atoms with Crippen molar-refractivity contribution in [3.63, 3.8) is 0 Å². The van der Waals surface area contributed by atoms with Gasteiger partial charge in [0.05, 0.1) is 11.8 Å². The first-order valence-electron chi connectivity index (χ1n) is 6.77. The highest BCUT2D eigenvalue weighted by Crippen LogP contribution is 2.42. The highest BCUT2D eigenvalue weighted by atomic mass is 79.9. The maximum Gasteiger partial charge on any atom is 0.246 e. The molecule has 0 amide bonds. The number of piperidine rings is 1. The molecule has 1 aromatic rings. The smallest absolute Gasteiger partial charge is 0.246 e. The summed E-state index contributed by atoms with van der Waals surface area (Å²) in [6, 6.07) is 3.03. The Balaban J connectivity index is 2.06. The fourth-order valence-electron chi connectivity index (χ4n) is 3.46. The van der Waals surface area contributed by atoms with Gasteiger partial charge in [0, 0.05) is 21.0 Å². The molecule has 0 saturated carbocycles. The van der Waals surface area contributed by atoms with Gasteiger partial charge in [-0.15, -0.1) is 0 Å². The molecule has 2 aliphatic rings. The van der Waals surface area contributed by atoms with Crippen molar-refractivity contribution in [3.8, 4) is 0 Å². The quantitative estimate of drug-likeness (QED) is 0.693. The van der Waals surface area contributed by atoms with Crippen LogP contribution in [-0.4, -0.2) is 36.0 Å². The van der Waals surface area contributed by atoms with Crippen LogP contribution in [0.3, 0.4) is 0 Å². The van der Waals surface area contributed by atoms with Crippen molar-refractivity contribution in [2.24, 2.45) is 0 Å². The van der Waals surface area contributed by atoms with Crippen LogP contribution in [0.15, 0.2) is 26.0 Å². The standard InChI is InChI=1S/C13H16Br2N2O3S/c14-7-3-11(15)13(12(16)4-7)21(19,20)17-8-1-2-9(17)6-10(18)5-8/h3-4,8-10,18H,1-2,5-6,16H2. The number of nitrogens with two attached hydrogens (primary N) is 1. The Labute approximate surface area is 140 Å². The third kappa shape index (κ3) is 2.65. The van der Waals surface area contributed by atoms with E-state index in [0.29, 0.717) is 17.3 Å². The molecule has 3 rings (SSSR count). The molecule has 2 aliphatic heterocycles. The van der Waals surface area contributed by atoms with Crippen LogP contribution in [0.25, 0.3) is 0 Å². The van der Waals surface area contributed by atoms with E-state index in [-0.39, 0.29) is 22.7 Å². The van der Waals surface area contributed by atoms with Gasteiger partial charge in [0.1, 0.15) is 4.90 Å². The second kappa shape index (κ2) is 5.49. The molecule has 2 fully saturated rings. The number of hydrogen-bond acceptors (Lipinski definition) is 4. The molecule has 0 aliphatic carbocycles. The second-order valence-electron chi connectivity index (χ2n) is 5.65. The Morgan fingerprint density at radius 1 is 1.19 bits per heavy atom. The Bertz CT molecular complexity index is 643. The predicted octanol–water partition coefficient (Wildman–Crippen LogP) is 2.47. The van der Waals surface area contributed by atoms with Gasteiger partial charge < -0.3 is 10.8 Å². The number of nitrogens with zero attached hydrogens (tertiary/aromatic N) is 1. The van der Waals surface area contributed by atoms with Crippen LogP contribution in [0.2, 0.25) is 0 Å². The molecule has 0 aromatic heterocycles. The summed E-state index contributed by atoms with van der Waals surface area (Å²) in [6.07, 6.45) is 2.21. The number of nitrogen functional groups attached to an aromatic ring is 1. The van der Waals surface area contributed by atoms with E-state index in [1.165, 1.54) is 0 Å². The topological polar surface area (TPSA) is 83.6 Å². The van der Waals surface area contributed by atoms with Gasteiger partial charge in [-0.2, -0.15) is 4.31 Å². The van der Waals surface area contributed by atoms with Crippen LogP contribution >= 0.6 is 31.9 Å². The number of halogens is 2. The van der Waals surface area contributed by atoms with E-state index in [0.717, 1.165) is 17.3 Å². The number of fused-ring (bicyclic) bond motifs is 2. The van der Waals surface area contributed by atoms with Crippen LogP contribution in [0.5, 0.6) is 0 Å². The van der Waals surface area contributed by atoms with E-state index < -0.39 is 16.1 Å². The molecular formula is C13H16Br2N2O3S. The van der Waals surface area contributed by atoms with Gasteiger partial charge in [0.2, 0.25) is 10.0 Å². The van der Waals surface area contributed by atoms with Crippen molar-refractivity contribution >= 4 is 47.6 Å². The SMILES string of the molecule is Nc1cc(Br)cc(Br)c1S(=O)(=O)N1C2CCC1CC(O)C2. The van der Waals surface area contributed by atoms with Gasteiger partial charge in [-0.1, -0.05) is 15.9 Å². The van der Waals surface area contributed by atoms with Crippen LogP contribution in [0, 0.1) is 0 Å². The molecule has 3 N–H and O–H groups in total. The molecule has 0 radical (unpaired) electrons. The molecule has 2 bridgehead atoms. The normalized spacial score (nSPS) is 29.8. The van der Waals surface area contributed by atoms with Crippen molar-refractivity contribution in [3.05, 3.63) is 21.1 Å². The lowest BCUT2D eigenvalue weighted by atomic mass is 10.0. The largest absolute Gasteiger partial charge is 0.398 e. The summed E-state index contributed by atoms with van der Waals surface area (Å²) >= 11 is 6.61. The summed E-state index contributed by atoms with van der Waals surface area (Å²) < 4.78 is 28.8. The minimum Gasteiger partial charge on any atom is -0.398 e. The molecule has 8 heteroatoms. The summed E-state index contributed by atoms with van der Waals surface area (Å²) in [7, 11) is -3.67. The molecule has 2 unspecified atom stereocenters. The van der Waals surface area contributed by atoms with Crippen molar-refractivity contribution in [2.45, 2.75) is 48.8 Å². The number of benzene rings is 1. The zero-order chi connectivity index (χ0) is 15.4. The van der Waals surface area contributed by atoms with E-state index in [2.05, 4.69) is 31.9 Å². The van der Waals surface area contributed by atoms with Gasteiger partial charge in [0.25, 0.3) is 0 Å². The summed E-state index contributed by atoms with van der Waals surface area (Å²) in [5.74, 6) is 0. The molecule has 5 nitrogen and oxygen atoms in total. The maximum atomic E-state index is 13.0. The van der Waals surface area contributed by atoms with Crippen LogP contribution in [-0.2, 0) is 10.0 Å². The van der Waals surface area contributed by atoms with Gasteiger partial charge in [0.15, 0.2) is 0 Å². The Hall–Kier alpha value is -0.150. The Morgan fingerprint density at radius 2 is 1.76 bits per heavy atom. The predicted molar refractivity (Wildman–Crippen MR) is 87.3 cm³/mol. The average molecular weight is 440 g/mol. The fourth-order valence-corrected chi connectivity index (χ4v) is 7.37. The van der Waals surface area contributed by atoms with Gasteiger partial charge >= 0.3 is 0 Å². The number of hydrogen-bond donors (Lipinski definition) is 2. The first-order chi connectivity index (χ1) is 9.80. The molecular weight excluding hydrogens is 424 g/mol. The summed E-state index contributed by atoms with van der Waals surface area (Å²) in [5.41, 5.74) is 6.16. The summed E-state index contributed by atoms with van der Waals surface area (Å²) in [4.78, 5) is 0.124. The molecule has 2 saturated heterocycles. The second-order valence-corrected chi connectivity index (χ2v) is 9.20. The lowest BCUT2D eigenvalue weighted by molar-refractivity contribution is 0.0769. The maximum absolute atomic E-state index is 13.0. The highest BCUT2D eigenvalue weighted by Gasteiger charge is 2.47. The molecule has 0 spiro atoms. The summed E-state index contributed by atoms with van der Waals surface area (Å²) in [6.45, 7) is 0. The number of aliphatic hydroxyl groups is 1. The highest BCUT2D eigenvalue weighted by molar-refractivity contribution is 9.11. The molecule has 2 atom stereocenters. The zero-order valence-electron chi connectivity index (χ0n) is 11.2. The van der Waals surface area contributed by atoms with Crippen LogP contribution in [0.4, 0.5) is 5.69 Å². The molecule has 1 aromatic carbocycles. The first kappa shape index (κ1) is 15.7. The zero-order valence-corrected chi connectivity index (χ0v) is 15.2. The van der Waals surface area contributed by atoms with Gasteiger partial charge in [-0.25, -0.2) is 8.42 Å².